The van der Waals surface area contributed by atoms with Crippen molar-refractivity contribution in [3.63, 3.8) is 0 Å². The molecule has 10 rings (SSSR count). The minimum absolute atomic E-state index is 0. The first kappa shape index (κ1) is 42.7. The molecule has 4 heterocycles. The van der Waals surface area contributed by atoms with Crippen molar-refractivity contribution < 1.29 is 29.6 Å². The molecule has 0 bridgehead atoms. The molecule has 63 heavy (non-hydrogen) atoms. The van der Waals surface area contributed by atoms with Gasteiger partial charge in [-0.3, -0.25) is 15.0 Å². The van der Waals surface area contributed by atoms with Crippen LogP contribution in [0.3, 0.4) is 0 Å². The Morgan fingerprint density at radius 1 is 0.476 bits per heavy atom. The number of pyridine rings is 3. The van der Waals surface area contributed by atoms with Crippen molar-refractivity contribution in [3.8, 4) is 72.9 Å². The molecule has 5 nitrogen and oxygen atoms in total. The van der Waals surface area contributed by atoms with Gasteiger partial charge in [-0.05, 0) is 80.9 Å². The van der Waals surface area contributed by atoms with Crippen LogP contribution in [0.4, 0.5) is 0 Å². The molecular weight excluding hydrogens is 951 g/mol. The van der Waals surface area contributed by atoms with Crippen LogP contribution in [-0.4, -0.2) is 20.1 Å². The number of nitrogens with zero attached hydrogens (tertiary/aromatic N) is 3. The molecule has 0 aliphatic rings. The number of aromatic nitrogens is 3. The average molecular weight is 996 g/mol. The molecule has 0 aliphatic carbocycles. The van der Waals surface area contributed by atoms with E-state index in [-0.39, 0.29) is 25.9 Å². The van der Waals surface area contributed by atoms with Gasteiger partial charge in [-0.2, -0.15) is 0 Å². The Bertz CT molecular complexity index is 3100. The van der Waals surface area contributed by atoms with Crippen molar-refractivity contribution in [3.05, 3.63) is 206 Å². The van der Waals surface area contributed by atoms with E-state index in [4.69, 9.17) is 4.42 Å². The van der Waals surface area contributed by atoms with Gasteiger partial charge in [0.1, 0.15) is 5.58 Å². The molecule has 0 atom stereocenters. The molecule has 0 unspecified atom stereocenters. The smallest absolute Gasteiger partial charge is 0.123 e. The fourth-order valence-corrected chi connectivity index (χ4v) is 8.07. The zero-order chi connectivity index (χ0) is 42.6. The maximum atomic E-state index is 10.7. The van der Waals surface area contributed by atoms with Gasteiger partial charge in [0.25, 0.3) is 0 Å². The Labute approximate surface area is 382 Å². The van der Waals surface area contributed by atoms with Crippen LogP contribution >= 0.6 is 0 Å². The van der Waals surface area contributed by atoms with Crippen molar-refractivity contribution in [2.75, 3.05) is 0 Å². The Kier molecular flexibility index (Phi) is 12.9. The normalized spacial score (nSPS) is 11.1. The van der Waals surface area contributed by atoms with Gasteiger partial charge in [-0.1, -0.05) is 165 Å². The third-order valence-corrected chi connectivity index (χ3v) is 11.1. The molecule has 6 aromatic carbocycles. The van der Waals surface area contributed by atoms with E-state index in [9.17, 15) is 5.11 Å². The summed E-state index contributed by atoms with van der Waals surface area (Å²) >= 11 is 0. The first-order valence-electron chi connectivity index (χ1n) is 21.0. The van der Waals surface area contributed by atoms with E-state index in [1.54, 1.807) is 18.5 Å². The summed E-state index contributed by atoms with van der Waals surface area (Å²) in [4.78, 5) is 13.6. The zero-order valence-electron chi connectivity index (χ0n) is 35.5. The number of para-hydroxylation sites is 2. The van der Waals surface area contributed by atoms with Gasteiger partial charge in [-0.25, -0.2) is 0 Å². The largest absolute Gasteiger partial charge is 0.515 e. The minimum atomic E-state index is 0. The first-order valence-corrected chi connectivity index (χ1v) is 21.0. The van der Waals surface area contributed by atoms with Gasteiger partial charge in [0.15, 0.2) is 0 Å². The number of benzene rings is 6. The van der Waals surface area contributed by atoms with Crippen LogP contribution in [0.15, 0.2) is 187 Å². The SMILES string of the molecule is CC(C)c1cc(-c2ccccc2)cc(C(C)C)c1-c1cc(-c2ccccn2)[c-]c(-c2ccccc2O)c1.[Ir].[c-]1c(-c2ccccn2)cc2c(oc3ccccc32)c1-c1ccccn1. The van der Waals surface area contributed by atoms with Crippen molar-refractivity contribution in [2.24, 2.45) is 0 Å². The van der Waals surface area contributed by atoms with Crippen molar-refractivity contribution >= 4 is 21.9 Å². The molecule has 0 spiro atoms. The first-order chi connectivity index (χ1) is 30.3. The number of hydrogen-bond acceptors (Lipinski definition) is 5. The zero-order valence-corrected chi connectivity index (χ0v) is 37.9. The quantitative estimate of drug-likeness (QED) is 0.154. The fraction of sp³-hybridized carbons (Fsp3) is 0.105. The summed E-state index contributed by atoms with van der Waals surface area (Å²) in [7, 11) is 0. The summed E-state index contributed by atoms with van der Waals surface area (Å²) in [6, 6.07) is 61.9. The number of phenols is 1. The molecule has 0 amide bonds. The molecule has 0 saturated heterocycles. The van der Waals surface area contributed by atoms with E-state index in [1.165, 1.54) is 27.8 Å². The summed E-state index contributed by atoms with van der Waals surface area (Å²) in [5.74, 6) is 0.898. The second-order valence-corrected chi connectivity index (χ2v) is 16.0. The number of hydrogen-bond donors (Lipinski definition) is 1. The van der Waals surface area contributed by atoms with E-state index in [0.717, 1.165) is 72.4 Å². The van der Waals surface area contributed by atoms with E-state index in [1.807, 2.05) is 97.2 Å². The van der Waals surface area contributed by atoms with Crippen LogP contribution in [-0.2, 0) is 20.1 Å². The van der Waals surface area contributed by atoms with Gasteiger partial charge in [0.05, 0.1) is 11.3 Å². The standard InChI is InChI=1S/C35H32NO.C22H13N2O.Ir/c1-23(2)31-21-26(25-12-6-5-7-13-25)22-32(24(3)4)35(31)29-19-27(30-14-8-9-16-34(30)37)18-28(20-29)33-15-10-11-17-36-33;1-2-10-21-16(7-1)17-13-15(19-8-3-5-11-23-19)14-18(22(17)25-21)20-9-4-6-12-24-20;/h5-17,19-24,37H,1-4H3;1-13H;/q2*-1;. The van der Waals surface area contributed by atoms with E-state index in [2.05, 4.69) is 122 Å². The molecule has 4 aromatic heterocycles. The van der Waals surface area contributed by atoms with Gasteiger partial charge >= 0.3 is 0 Å². The molecule has 0 fully saturated rings. The third kappa shape index (κ3) is 9.01. The van der Waals surface area contributed by atoms with Crippen LogP contribution in [0.25, 0.3) is 89.1 Å². The van der Waals surface area contributed by atoms with Crippen LogP contribution < -0.4 is 0 Å². The topological polar surface area (TPSA) is 72.0 Å². The number of rotatable bonds is 8. The van der Waals surface area contributed by atoms with Gasteiger partial charge in [0.2, 0.25) is 0 Å². The van der Waals surface area contributed by atoms with Crippen molar-refractivity contribution in [1.29, 1.82) is 0 Å². The predicted molar refractivity (Wildman–Crippen MR) is 254 cm³/mol. The Balaban J connectivity index is 0.000000182. The Hall–Kier alpha value is -6.98. The second kappa shape index (κ2) is 19.0. The monoisotopic (exact) mass is 996 g/mol. The number of aromatic hydroxyl groups is 1. The predicted octanol–water partition coefficient (Wildman–Crippen LogP) is 15.0. The Morgan fingerprint density at radius 3 is 1.62 bits per heavy atom. The Morgan fingerprint density at radius 2 is 1.02 bits per heavy atom. The fourth-order valence-electron chi connectivity index (χ4n) is 8.07. The average Bonchev–Trinajstić information content (AvgIpc) is 3.71. The molecule has 0 aliphatic heterocycles. The molecular formula is C57H45IrN3O2-2. The van der Waals surface area contributed by atoms with Crippen molar-refractivity contribution in [1.82, 2.24) is 15.0 Å². The maximum absolute atomic E-state index is 10.7. The second-order valence-electron chi connectivity index (χ2n) is 16.0. The van der Waals surface area contributed by atoms with Crippen LogP contribution in [0.2, 0.25) is 0 Å². The van der Waals surface area contributed by atoms with Crippen LogP contribution in [0.1, 0.15) is 50.7 Å². The van der Waals surface area contributed by atoms with E-state index < -0.39 is 0 Å². The maximum Gasteiger partial charge on any atom is 0.123 e. The van der Waals surface area contributed by atoms with Crippen molar-refractivity contribution in [2.45, 2.75) is 39.5 Å². The number of fused-ring (bicyclic) bond motifs is 3. The third-order valence-electron chi connectivity index (χ3n) is 11.1. The number of phenolic OH excluding ortho intramolecular Hbond substituents is 1. The summed E-state index contributed by atoms with van der Waals surface area (Å²) in [6.45, 7) is 9.04. The molecule has 0 saturated carbocycles. The summed E-state index contributed by atoms with van der Waals surface area (Å²) < 4.78 is 6.14. The summed E-state index contributed by atoms with van der Waals surface area (Å²) in [6.07, 6.45) is 5.38. The summed E-state index contributed by atoms with van der Waals surface area (Å²) in [5, 5.41) is 12.8. The molecule has 1 N–H and O–H groups in total. The van der Waals surface area contributed by atoms with Gasteiger partial charge in [0, 0.05) is 61.2 Å². The molecule has 6 heteroatoms. The summed E-state index contributed by atoms with van der Waals surface area (Å²) in [5.41, 5.74) is 16.0. The molecule has 1 radical (unpaired) electrons. The van der Waals surface area contributed by atoms with Gasteiger partial charge in [-0.15, -0.1) is 35.9 Å². The van der Waals surface area contributed by atoms with Gasteiger partial charge < -0.3 is 9.52 Å². The minimum Gasteiger partial charge on any atom is -0.515 e. The van der Waals surface area contributed by atoms with Crippen LogP contribution in [0, 0.1) is 12.1 Å². The molecule has 311 valence electrons. The number of furan rings is 1. The van der Waals surface area contributed by atoms with Crippen LogP contribution in [0.5, 0.6) is 5.75 Å². The molecule has 10 aromatic rings. The van der Waals surface area contributed by atoms with E-state index in [0.29, 0.717) is 11.8 Å². The van der Waals surface area contributed by atoms with E-state index >= 15 is 0 Å².